The van der Waals surface area contributed by atoms with Crippen molar-refractivity contribution < 1.29 is 28.8 Å². The number of nitro groups is 1. The Morgan fingerprint density at radius 2 is 1.74 bits per heavy atom. The first-order valence-electron chi connectivity index (χ1n) is 13.2. The number of nitro benzene ring substituents is 1. The van der Waals surface area contributed by atoms with E-state index in [0.29, 0.717) is 24.8 Å². The third kappa shape index (κ3) is 6.38. The molecule has 2 atom stereocenters. The zero-order valence-corrected chi connectivity index (χ0v) is 23.4. The lowest BCUT2D eigenvalue weighted by Gasteiger charge is -2.53. The number of β-lactam (4-membered cyclic amide) rings is 1. The average molecular weight is 540 g/mol. The van der Waals surface area contributed by atoms with Gasteiger partial charge in [0.25, 0.3) is 0 Å². The Morgan fingerprint density at radius 1 is 1.10 bits per heavy atom. The first kappa shape index (κ1) is 29.6. The number of rotatable bonds is 10. The van der Waals surface area contributed by atoms with Gasteiger partial charge in [0, 0.05) is 6.07 Å². The van der Waals surface area contributed by atoms with E-state index in [-0.39, 0.29) is 29.8 Å². The maximum Gasteiger partial charge on any atom is 0.327 e. The van der Waals surface area contributed by atoms with Gasteiger partial charge in [0.2, 0.25) is 5.91 Å². The van der Waals surface area contributed by atoms with Crippen LogP contribution in [0.5, 0.6) is 5.75 Å². The summed E-state index contributed by atoms with van der Waals surface area (Å²) in [6, 6.07) is 12.6. The molecule has 0 bridgehead atoms. The Kier molecular flexibility index (Phi) is 8.99. The van der Waals surface area contributed by atoms with Crippen LogP contribution in [0.4, 0.5) is 10.5 Å². The summed E-state index contributed by atoms with van der Waals surface area (Å²) >= 11 is 0. The number of nitrogens with zero attached hydrogens (tertiary/aromatic N) is 2. The van der Waals surface area contributed by atoms with E-state index >= 15 is 0 Å². The number of hydrogen-bond donors (Lipinski definition) is 1. The number of carbonyl (C=O) groups excluding carboxylic acids is 3. The predicted molar refractivity (Wildman–Crippen MR) is 145 cm³/mol. The highest BCUT2D eigenvalue weighted by Gasteiger charge is 2.63. The zero-order chi connectivity index (χ0) is 29.0. The normalized spacial score (nSPS) is 17.1. The van der Waals surface area contributed by atoms with Crippen molar-refractivity contribution in [2.75, 3.05) is 0 Å². The molecule has 1 saturated heterocycles. The molecule has 0 unspecified atom stereocenters. The smallest absolute Gasteiger partial charge is 0.327 e. The first-order valence-corrected chi connectivity index (χ1v) is 13.2. The molecule has 0 aliphatic carbocycles. The molecule has 1 fully saturated rings. The SMILES string of the molecule is CC[C@@H](NC(=O)N1C(=O)C(CC)(CC)[C@H]1Oc1ccc(CC(=O)OC(C)(C)C)cc1[N+](=O)[O-])c1ccccc1. The van der Waals surface area contributed by atoms with Crippen molar-refractivity contribution in [1.29, 1.82) is 0 Å². The van der Waals surface area contributed by atoms with Gasteiger partial charge >= 0.3 is 17.7 Å². The van der Waals surface area contributed by atoms with Crippen LogP contribution >= 0.6 is 0 Å². The van der Waals surface area contributed by atoms with Crippen LogP contribution in [0.2, 0.25) is 0 Å². The van der Waals surface area contributed by atoms with E-state index in [1.54, 1.807) is 26.8 Å². The molecule has 3 rings (SSSR count). The maximum atomic E-state index is 13.3. The lowest BCUT2D eigenvalue weighted by molar-refractivity contribution is -0.386. The highest BCUT2D eigenvalue weighted by atomic mass is 16.6. The number of benzene rings is 2. The van der Waals surface area contributed by atoms with Crippen molar-refractivity contribution in [2.24, 2.45) is 5.41 Å². The second-order valence-corrected chi connectivity index (χ2v) is 10.7. The third-order valence-electron chi connectivity index (χ3n) is 6.97. The Bertz CT molecular complexity index is 1220. The van der Waals surface area contributed by atoms with E-state index in [0.717, 1.165) is 10.5 Å². The lowest BCUT2D eigenvalue weighted by atomic mass is 9.72. The maximum absolute atomic E-state index is 13.3. The molecule has 1 aliphatic heterocycles. The first-order chi connectivity index (χ1) is 18.4. The van der Waals surface area contributed by atoms with Crippen LogP contribution in [0.1, 0.15) is 78.0 Å². The molecule has 1 aliphatic rings. The molecule has 2 aromatic rings. The number of hydrogen-bond acceptors (Lipinski definition) is 7. The van der Waals surface area contributed by atoms with Crippen LogP contribution in [0.3, 0.4) is 0 Å². The molecule has 210 valence electrons. The minimum atomic E-state index is -1.04. The van der Waals surface area contributed by atoms with E-state index in [1.807, 2.05) is 51.1 Å². The molecule has 1 heterocycles. The fourth-order valence-corrected chi connectivity index (χ4v) is 4.80. The van der Waals surface area contributed by atoms with Crippen LogP contribution in [0, 0.1) is 15.5 Å². The Hall–Kier alpha value is -3.95. The van der Waals surface area contributed by atoms with Crippen molar-refractivity contribution in [3.8, 4) is 5.75 Å². The minimum absolute atomic E-state index is 0.0929. The summed E-state index contributed by atoms with van der Waals surface area (Å²) in [5.74, 6) is -0.996. The summed E-state index contributed by atoms with van der Waals surface area (Å²) in [7, 11) is 0. The van der Waals surface area contributed by atoms with Crippen molar-refractivity contribution in [3.05, 3.63) is 69.8 Å². The van der Waals surface area contributed by atoms with E-state index in [2.05, 4.69) is 5.32 Å². The number of ether oxygens (including phenoxy) is 2. The second kappa shape index (κ2) is 11.8. The van der Waals surface area contributed by atoms with Crippen LogP contribution in [0.15, 0.2) is 48.5 Å². The topological polar surface area (TPSA) is 128 Å². The Balaban J connectivity index is 1.88. The van der Waals surface area contributed by atoms with Crippen LogP contribution in [-0.2, 0) is 20.7 Å². The van der Waals surface area contributed by atoms with Crippen molar-refractivity contribution in [2.45, 2.75) is 85.1 Å². The molecule has 0 radical (unpaired) electrons. The molecule has 0 spiro atoms. The molecule has 10 heteroatoms. The zero-order valence-electron chi connectivity index (χ0n) is 23.4. The van der Waals surface area contributed by atoms with Gasteiger partial charge in [-0.15, -0.1) is 0 Å². The molecule has 1 N–H and O–H groups in total. The van der Waals surface area contributed by atoms with Crippen LogP contribution in [0.25, 0.3) is 0 Å². The molecule has 10 nitrogen and oxygen atoms in total. The van der Waals surface area contributed by atoms with Crippen molar-refractivity contribution in [1.82, 2.24) is 10.2 Å². The van der Waals surface area contributed by atoms with Gasteiger partial charge < -0.3 is 14.8 Å². The number of nitrogens with one attached hydrogen (secondary N) is 1. The predicted octanol–water partition coefficient (Wildman–Crippen LogP) is 5.69. The summed E-state index contributed by atoms with van der Waals surface area (Å²) in [6.45, 7) is 10.8. The number of amides is 3. The fraction of sp³-hybridized carbons (Fsp3) is 0.483. The average Bonchev–Trinajstić information content (AvgIpc) is 2.88. The Morgan fingerprint density at radius 3 is 2.28 bits per heavy atom. The molecular weight excluding hydrogens is 502 g/mol. The second-order valence-electron chi connectivity index (χ2n) is 10.7. The number of urea groups is 1. The molecule has 2 aromatic carbocycles. The third-order valence-corrected chi connectivity index (χ3v) is 6.97. The summed E-state index contributed by atoms with van der Waals surface area (Å²) in [4.78, 5) is 51.2. The summed E-state index contributed by atoms with van der Waals surface area (Å²) in [5, 5.41) is 14.9. The number of likely N-dealkylation sites (tertiary alicyclic amines) is 1. The van der Waals surface area contributed by atoms with Crippen LogP contribution < -0.4 is 10.1 Å². The van der Waals surface area contributed by atoms with Gasteiger partial charge in [0.15, 0.2) is 12.0 Å². The molecule has 0 saturated carbocycles. The van der Waals surface area contributed by atoms with E-state index in [4.69, 9.17) is 9.47 Å². The van der Waals surface area contributed by atoms with Gasteiger partial charge in [0.05, 0.1) is 17.4 Å². The fourth-order valence-electron chi connectivity index (χ4n) is 4.80. The minimum Gasteiger partial charge on any atom is -0.462 e. The highest BCUT2D eigenvalue weighted by molar-refractivity contribution is 6.03. The number of carbonyl (C=O) groups is 3. The van der Waals surface area contributed by atoms with Crippen LogP contribution in [-0.4, -0.2) is 39.6 Å². The quantitative estimate of drug-likeness (QED) is 0.178. The highest BCUT2D eigenvalue weighted by Crippen LogP contribution is 2.47. The van der Waals surface area contributed by atoms with Gasteiger partial charge in [0.1, 0.15) is 11.0 Å². The number of esters is 1. The van der Waals surface area contributed by atoms with Gasteiger partial charge in [-0.3, -0.25) is 19.7 Å². The number of imide groups is 1. The van der Waals surface area contributed by atoms with Crippen molar-refractivity contribution in [3.63, 3.8) is 0 Å². The Labute approximate surface area is 228 Å². The summed E-state index contributed by atoms with van der Waals surface area (Å²) < 4.78 is 11.4. The summed E-state index contributed by atoms with van der Waals surface area (Å²) in [5.41, 5.74) is -0.781. The van der Waals surface area contributed by atoms with E-state index < -0.39 is 34.2 Å². The largest absolute Gasteiger partial charge is 0.462 e. The molecule has 39 heavy (non-hydrogen) atoms. The summed E-state index contributed by atoms with van der Waals surface area (Å²) in [6.07, 6.45) is 0.180. The van der Waals surface area contributed by atoms with Gasteiger partial charge in [-0.05, 0) is 57.2 Å². The van der Waals surface area contributed by atoms with Gasteiger partial charge in [-0.2, -0.15) is 0 Å². The standard InChI is InChI=1S/C29H37N3O7/c1-7-21(20-13-11-10-12-14-20)30-27(35)31-25(34)29(8-2,9-3)26(31)38-23-16-15-19(17-22(23)32(36)37)18-24(33)39-28(4,5)6/h10-17,21,26H,7-9,18H2,1-6H3,(H,30,35)/t21-,26-/m1/s1. The van der Waals surface area contributed by atoms with Gasteiger partial charge in [-0.1, -0.05) is 57.2 Å². The monoisotopic (exact) mass is 539 g/mol. The van der Waals surface area contributed by atoms with Crippen molar-refractivity contribution >= 4 is 23.6 Å². The van der Waals surface area contributed by atoms with E-state index in [9.17, 15) is 24.5 Å². The molecule has 3 amide bonds. The lowest BCUT2D eigenvalue weighted by Crippen LogP contribution is -2.73. The molecule has 0 aromatic heterocycles. The molecular formula is C29H37N3O7. The van der Waals surface area contributed by atoms with E-state index in [1.165, 1.54) is 12.1 Å². The van der Waals surface area contributed by atoms with Gasteiger partial charge in [-0.25, -0.2) is 9.69 Å².